The number of carbonyl (C=O) groups excluding carboxylic acids is 2. The summed E-state index contributed by atoms with van der Waals surface area (Å²) in [6.45, 7) is 2.18. The maximum atomic E-state index is 12.3. The third-order valence-corrected chi connectivity index (χ3v) is 6.07. The van der Waals surface area contributed by atoms with Crippen molar-refractivity contribution in [3.8, 4) is 0 Å². The van der Waals surface area contributed by atoms with E-state index in [2.05, 4.69) is 17.8 Å². The molecule has 2 aromatic rings. The Hall–Kier alpha value is -3.00. The van der Waals surface area contributed by atoms with Gasteiger partial charge in [-0.25, -0.2) is 0 Å². The molecule has 146 valence electrons. The smallest absolute Gasteiger partial charge is 0.268 e. The molecular weight excluding hydrogens is 378 g/mol. The van der Waals surface area contributed by atoms with Crippen LogP contribution in [0.1, 0.15) is 45.4 Å². The lowest BCUT2D eigenvalue weighted by Gasteiger charge is -2.19. The number of carbonyl (C=O) groups is 2. The van der Waals surface area contributed by atoms with E-state index in [1.54, 1.807) is 18.2 Å². The number of rotatable bonds is 5. The Bertz CT molecular complexity index is 935. The summed E-state index contributed by atoms with van der Waals surface area (Å²) in [6.07, 6.45) is 6.77. The number of para-hydroxylation sites is 1. The van der Waals surface area contributed by atoms with Crippen molar-refractivity contribution in [1.82, 2.24) is 10.9 Å². The molecule has 1 aromatic heterocycles. The zero-order valence-electron chi connectivity index (χ0n) is 15.4. The molecule has 1 aromatic carbocycles. The number of fused-ring (bicyclic) bond motifs is 1. The quantitative estimate of drug-likeness (QED) is 0.455. The van der Waals surface area contributed by atoms with Gasteiger partial charge < -0.3 is 0 Å². The average Bonchev–Trinajstić information content (AvgIpc) is 3.13. The Labute approximate surface area is 166 Å². The standard InChI is InChI=1S/C20H21N3O4S/c1-2-13-7-9-17-15(11-13)12-18(28-17)20(25)22-21-19(24)10-8-14-5-3-4-6-16(14)23(26)27/h3-6,8,10,12-13H,2,7,9,11H2,1H3,(H,21,24)(H,22,25)/b10-8+/t13-/m1/s1. The molecule has 0 saturated carbocycles. The summed E-state index contributed by atoms with van der Waals surface area (Å²) in [4.78, 5) is 36.5. The van der Waals surface area contributed by atoms with Gasteiger partial charge in [-0.15, -0.1) is 11.3 Å². The van der Waals surface area contributed by atoms with Crippen molar-refractivity contribution in [1.29, 1.82) is 0 Å². The highest BCUT2D eigenvalue weighted by Gasteiger charge is 2.22. The second kappa shape index (κ2) is 8.79. The molecule has 1 atom stereocenters. The van der Waals surface area contributed by atoms with Crippen LogP contribution in [-0.2, 0) is 17.6 Å². The van der Waals surface area contributed by atoms with Crippen LogP contribution >= 0.6 is 11.3 Å². The fourth-order valence-electron chi connectivity index (χ4n) is 3.24. The molecule has 0 unspecified atom stereocenters. The topological polar surface area (TPSA) is 101 Å². The van der Waals surface area contributed by atoms with Gasteiger partial charge in [0.05, 0.1) is 15.4 Å². The van der Waals surface area contributed by atoms with Crippen molar-refractivity contribution >= 4 is 34.9 Å². The van der Waals surface area contributed by atoms with E-state index in [0.717, 1.165) is 31.8 Å². The second-order valence-electron chi connectivity index (χ2n) is 6.67. The van der Waals surface area contributed by atoms with Gasteiger partial charge in [-0.3, -0.25) is 30.6 Å². The first kappa shape index (κ1) is 19.8. The highest BCUT2D eigenvalue weighted by atomic mass is 32.1. The average molecular weight is 399 g/mol. The third kappa shape index (κ3) is 4.64. The van der Waals surface area contributed by atoms with Crippen LogP contribution in [0, 0.1) is 16.0 Å². The lowest BCUT2D eigenvalue weighted by Crippen LogP contribution is -2.40. The summed E-state index contributed by atoms with van der Waals surface area (Å²) in [5.41, 5.74) is 6.16. The number of amides is 2. The van der Waals surface area contributed by atoms with Crippen molar-refractivity contribution in [2.75, 3.05) is 0 Å². The first-order valence-corrected chi connectivity index (χ1v) is 9.93. The molecule has 1 heterocycles. The number of nitrogens with one attached hydrogen (secondary N) is 2. The van der Waals surface area contributed by atoms with E-state index in [9.17, 15) is 19.7 Å². The summed E-state index contributed by atoms with van der Waals surface area (Å²) in [7, 11) is 0. The van der Waals surface area contributed by atoms with Gasteiger partial charge in [0.25, 0.3) is 17.5 Å². The highest BCUT2D eigenvalue weighted by molar-refractivity contribution is 7.14. The fourth-order valence-corrected chi connectivity index (χ4v) is 4.34. The van der Waals surface area contributed by atoms with Gasteiger partial charge in [0.2, 0.25) is 0 Å². The van der Waals surface area contributed by atoms with Crippen LogP contribution in [0.2, 0.25) is 0 Å². The van der Waals surface area contributed by atoms with Crippen molar-refractivity contribution in [2.24, 2.45) is 5.92 Å². The van der Waals surface area contributed by atoms with E-state index in [1.165, 1.54) is 33.9 Å². The molecule has 8 heteroatoms. The molecule has 0 saturated heterocycles. The maximum Gasteiger partial charge on any atom is 0.279 e. The Morgan fingerprint density at radius 3 is 2.86 bits per heavy atom. The highest BCUT2D eigenvalue weighted by Crippen LogP contribution is 2.33. The molecule has 1 aliphatic rings. The molecule has 0 spiro atoms. The van der Waals surface area contributed by atoms with Gasteiger partial charge >= 0.3 is 0 Å². The lowest BCUT2D eigenvalue weighted by molar-refractivity contribution is -0.385. The normalized spacial score (nSPS) is 15.8. The fraction of sp³-hybridized carbons (Fsp3) is 0.300. The molecule has 3 rings (SSSR count). The number of hydrogen-bond donors (Lipinski definition) is 2. The number of aryl methyl sites for hydroxylation is 1. The van der Waals surface area contributed by atoms with Gasteiger partial charge in [-0.2, -0.15) is 0 Å². The summed E-state index contributed by atoms with van der Waals surface area (Å²) in [5.74, 6) is -0.261. The largest absolute Gasteiger partial charge is 0.279 e. The molecule has 2 amide bonds. The van der Waals surface area contributed by atoms with Crippen LogP contribution in [0.25, 0.3) is 6.08 Å². The number of hydrogen-bond acceptors (Lipinski definition) is 5. The molecule has 0 fully saturated rings. The van der Waals surface area contributed by atoms with E-state index in [-0.39, 0.29) is 11.6 Å². The Morgan fingerprint density at radius 1 is 1.32 bits per heavy atom. The van der Waals surface area contributed by atoms with E-state index < -0.39 is 10.8 Å². The Balaban J connectivity index is 1.57. The predicted molar refractivity (Wildman–Crippen MR) is 108 cm³/mol. The number of benzene rings is 1. The van der Waals surface area contributed by atoms with Gasteiger partial charge in [0.1, 0.15) is 0 Å². The minimum atomic E-state index is -0.570. The van der Waals surface area contributed by atoms with Crippen molar-refractivity contribution in [3.05, 3.63) is 67.4 Å². The molecule has 7 nitrogen and oxygen atoms in total. The summed E-state index contributed by atoms with van der Waals surface area (Å²) in [6, 6.07) is 8.01. The van der Waals surface area contributed by atoms with Crippen LogP contribution < -0.4 is 10.9 Å². The molecular formula is C20H21N3O4S. The first-order valence-electron chi connectivity index (χ1n) is 9.11. The number of thiophene rings is 1. The van der Waals surface area contributed by atoms with Crippen LogP contribution in [0.15, 0.2) is 36.4 Å². The van der Waals surface area contributed by atoms with Crippen molar-refractivity contribution in [2.45, 2.75) is 32.6 Å². The SMILES string of the molecule is CC[C@@H]1CCc2sc(C(=O)NNC(=O)/C=C/c3ccccc3[N+](=O)[O-])cc2C1. The van der Waals surface area contributed by atoms with E-state index in [1.807, 2.05) is 6.07 Å². The van der Waals surface area contributed by atoms with Crippen LogP contribution in [0.4, 0.5) is 5.69 Å². The Morgan fingerprint density at radius 2 is 2.11 bits per heavy atom. The summed E-state index contributed by atoms with van der Waals surface area (Å²) >= 11 is 1.47. The molecule has 0 radical (unpaired) electrons. The number of hydrazine groups is 1. The molecule has 28 heavy (non-hydrogen) atoms. The first-order chi connectivity index (χ1) is 13.5. The maximum absolute atomic E-state index is 12.3. The molecule has 1 aliphatic carbocycles. The Kier molecular flexibility index (Phi) is 6.20. The zero-order valence-corrected chi connectivity index (χ0v) is 16.3. The summed E-state index contributed by atoms with van der Waals surface area (Å²) < 4.78 is 0. The van der Waals surface area contributed by atoms with Gasteiger partial charge in [-0.05, 0) is 49.0 Å². The van der Waals surface area contributed by atoms with Gasteiger partial charge in [0.15, 0.2) is 0 Å². The predicted octanol–water partition coefficient (Wildman–Crippen LogP) is 3.65. The summed E-state index contributed by atoms with van der Waals surface area (Å²) in [5, 5.41) is 11.0. The van der Waals surface area contributed by atoms with Crippen molar-refractivity contribution in [3.63, 3.8) is 0 Å². The molecule has 0 bridgehead atoms. The van der Waals surface area contributed by atoms with Crippen LogP contribution in [-0.4, -0.2) is 16.7 Å². The second-order valence-corrected chi connectivity index (χ2v) is 7.81. The van der Waals surface area contributed by atoms with Gasteiger partial charge in [-0.1, -0.05) is 25.5 Å². The molecule has 0 aliphatic heterocycles. The molecule has 2 N–H and O–H groups in total. The zero-order chi connectivity index (χ0) is 20.1. The van der Waals surface area contributed by atoms with E-state index >= 15 is 0 Å². The lowest BCUT2D eigenvalue weighted by atomic mass is 9.87. The number of nitro groups is 1. The monoisotopic (exact) mass is 399 g/mol. The minimum Gasteiger partial charge on any atom is -0.268 e. The van der Waals surface area contributed by atoms with Crippen molar-refractivity contribution < 1.29 is 14.5 Å². The van der Waals surface area contributed by atoms with Crippen LogP contribution in [0.5, 0.6) is 0 Å². The minimum absolute atomic E-state index is 0.0925. The van der Waals surface area contributed by atoms with Gasteiger partial charge in [0, 0.05) is 17.0 Å². The third-order valence-electron chi connectivity index (χ3n) is 4.83. The van der Waals surface area contributed by atoms with Crippen LogP contribution in [0.3, 0.4) is 0 Å². The van der Waals surface area contributed by atoms with E-state index in [0.29, 0.717) is 16.4 Å². The van der Waals surface area contributed by atoms with E-state index in [4.69, 9.17) is 0 Å². The number of nitro benzene ring substituents is 1. The number of nitrogens with zero attached hydrogens (tertiary/aromatic N) is 1.